The molecule has 1 aliphatic rings. The molecule has 0 bridgehead atoms. The first kappa shape index (κ1) is 25.1. The molecule has 7 nitrogen and oxygen atoms in total. The van der Waals surface area contributed by atoms with Crippen molar-refractivity contribution in [1.82, 2.24) is 9.47 Å². The number of ether oxygens (including phenoxy) is 1. The van der Waals surface area contributed by atoms with Crippen molar-refractivity contribution in [2.45, 2.75) is 25.8 Å². The van der Waals surface area contributed by atoms with Gasteiger partial charge in [-0.25, -0.2) is 4.79 Å². The normalized spacial score (nSPS) is 13.8. The number of unbranched alkanes of at least 4 members (excludes halogenated alkanes) is 1. The molecular formula is C31H32N4O3. The zero-order valence-corrected chi connectivity index (χ0v) is 21.7. The largest absolute Gasteiger partial charge is 0.497 e. The van der Waals surface area contributed by atoms with E-state index in [9.17, 15) is 9.59 Å². The van der Waals surface area contributed by atoms with Crippen LogP contribution >= 0.6 is 0 Å². The fraction of sp³-hybridized carbons (Fsp3) is 0.226. The average Bonchev–Trinajstić information content (AvgIpc) is 3.45. The van der Waals surface area contributed by atoms with Gasteiger partial charge in [-0.05, 0) is 60.5 Å². The summed E-state index contributed by atoms with van der Waals surface area (Å²) in [6.07, 6.45) is 3.74. The van der Waals surface area contributed by atoms with Crippen LogP contribution in [0.25, 0.3) is 5.69 Å². The summed E-state index contributed by atoms with van der Waals surface area (Å²) in [5, 5.41) is 2.94. The second kappa shape index (κ2) is 11.3. The topological polar surface area (TPSA) is 66.8 Å². The summed E-state index contributed by atoms with van der Waals surface area (Å²) in [5.41, 5.74) is 4.38. The van der Waals surface area contributed by atoms with Crippen LogP contribution in [0.3, 0.4) is 0 Å². The molecule has 3 aromatic carbocycles. The van der Waals surface area contributed by atoms with Gasteiger partial charge in [0.05, 0.1) is 24.2 Å². The molecule has 1 unspecified atom stereocenters. The first-order valence-electron chi connectivity index (χ1n) is 12.9. The van der Waals surface area contributed by atoms with E-state index in [1.54, 1.807) is 12.0 Å². The zero-order valence-electron chi connectivity index (χ0n) is 21.7. The van der Waals surface area contributed by atoms with E-state index >= 15 is 0 Å². The summed E-state index contributed by atoms with van der Waals surface area (Å²) in [7, 11) is 1.64. The van der Waals surface area contributed by atoms with Crippen LogP contribution in [-0.2, 0) is 4.79 Å². The van der Waals surface area contributed by atoms with Crippen LogP contribution in [0.4, 0.5) is 16.2 Å². The van der Waals surface area contributed by atoms with E-state index in [2.05, 4.69) is 16.8 Å². The number of para-hydroxylation sites is 3. The monoisotopic (exact) mass is 508 g/mol. The van der Waals surface area contributed by atoms with Crippen LogP contribution < -0.4 is 15.0 Å². The number of aromatic nitrogens is 1. The molecule has 1 aliphatic heterocycles. The quantitative estimate of drug-likeness (QED) is 0.306. The number of methoxy groups -OCH3 is 1. The lowest BCUT2D eigenvalue weighted by atomic mass is 9.97. The smallest absolute Gasteiger partial charge is 0.322 e. The van der Waals surface area contributed by atoms with Gasteiger partial charge in [0.15, 0.2) is 0 Å². The fourth-order valence-corrected chi connectivity index (χ4v) is 4.93. The van der Waals surface area contributed by atoms with Crippen molar-refractivity contribution in [3.63, 3.8) is 0 Å². The van der Waals surface area contributed by atoms with Gasteiger partial charge in [-0.3, -0.25) is 9.69 Å². The van der Waals surface area contributed by atoms with Gasteiger partial charge in [-0.15, -0.1) is 0 Å². The van der Waals surface area contributed by atoms with Crippen LogP contribution in [-0.4, -0.2) is 41.6 Å². The van der Waals surface area contributed by atoms with E-state index in [1.165, 1.54) is 0 Å². The number of hydrogen-bond acceptors (Lipinski definition) is 3. The fourth-order valence-electron chi connectivity index (χ4n) is 4.93. The number of fused-ring (bicyclic) bond motifs is 3. The Kier molecular flexibility index (Phi) is 7.45. The van der Waals surface area contributed by atoms with Crippen LogP contribution in [0.15, 0.2) is 97.2 Å². The van der Waals surface area contributed by atoms with Gasteiger partial charge in [-0.1, -0.05) is 55.8 Å². The number of rotatable bonds is 8. The Morgan fingerprint density at radius 2 is 1.61 bits per heavy atom. The molecular weight excluding hydrogens is 476 g/mol. The van der Waals surface area contributed by atoms with Crippen LogP contribution in [0.5, 0.6) is 5.75 Å². The summed E-state index contributed by atoms with van der Waals surface area (Å²) < 4.78 is 7.50. The summed E-state index contributed by atoms with van der Waals surface area (Å²) in [4.78, 5) is 30.9. The highest BCUT2D eigenvalue weighted by atomic mass is 16.5. The lowest BCUT2D eigenvalue weighted by Crippen LogP contribution is -2.48. The van der Waals surface area contributed by atoms with Crippen molar-refractivity contribution in [3.05, 3.63) is 108 Å². The molecule has 0 saturated heterocycles. The van der Waals surface area contributed by atoms with Crippen molar-refractivity contribution in [2.75, 3.05) is 30.4 Å². The van der Waals surface area contributed by atoms with Gasteiger partial charge in [-0.2, -0.15) is 0 Å². The molecule has 0 spiro atoms. The number of nitrogens with zero attached hydrogens (tertiary/aromatic N) is 3. The standard InChI is InChI=1S/C31H32N4O3/c1-3-4-20-33(31(37)32-24-11-6-5-7-12-24)22-29(36)35-27-14-9-8-13-26(27)34-21-10-15-28(34)30(35)23-16-18-25(38-2)19-17-23/h5-19,21,30H,3-4,20,22H2,1-2H3,(H,32,37). The minimum absolute atomic E-state index is 0.0413. The minimum atomic E-state index is -0.358. The van der Waals surface area contributed by atoms with E-state index in [0.717, 1.165) is 41.2 Å². The third-order valence-electron chi connectivity index (χ3n) is 6.84. The summed E-state index contributed by atoms with van der Waals surface area (Å²) in [6.45, 7) is 2.52. The molecule has 0 saturated carbocycles. The molecule has 0 fully saturated rings. The molecule has 2 heterocycles. The third-order valence-corrected chi connectivity index (χ3v) is 6.84. The Labute approximate surface area is 223 Å². The van der Waals surface area contributed by atoms with Crippen molar-refractivity contribution in [2.24, 2.45) is 0 Å². The van der Waals surface area contributed by atoms with Gasteiger partial charge in [0.1, 0.15) is 18.3 Å². The molecule has 3 amide bonds. The SMILES string of the molecule is CCCCN(CC(=O)N1c2ccccc2-n2cccc2C1c1ccc(OC)cc1)C(=O)Nc1ccccc1. The number of carbonyl (C=O) groups excluding carboxylic acids is 2. The van der Waals surface area contributed by atoms with Crippen LogP contribution in [0.2, 0.25) is 0 Å². The van der Waals surface area contributed by atoms with Crippen molar-refractivity contribution < 1.29 is 14.3 Å². The zero-order chi connectivity index (χ0) is 26.5. The van der Waals surface area contributed by atoms with E-state index in [-0.39, 0.29) is 24.5 Å². The van der Waals surface area contributed by atoms with E-state index in [0.29, 0.717) is 12.2 Å². The second-order valence-electron chi connectivity index (χ2n) is 9.30. The minimum Gasteiger partial charge on any atom is -0.497 e. The Balaban J connectivity index is 1.51. The summed E-state index contributed by atoms with van der Waals surface area (Å²) >= 11 is 0. The highest BCUT2D eigenvalue weighted by Crippen LogP contribution is 2.42. The van der Waals surface area contributed by atoms with Gasteiger partial charge in [0.25, 0.3) is 0 Å². The van der Waals surface area contributed by atoms with Crippen LogP contribution in [0.1, 0.15) is 37.1 Å². The maximum atomic E-state index is 14.2. The number of urea groups is 1. The predicted octanol–water partition coefficient (Wildman–Crippen LogP) is 6.26. The number of nitrogens with one attached hydrogen (secondary N) is 1. The number of carbonyl (C=O) groups is 2. The molecule has 1 aromatic heterocycles. The molecule has 4 aromatic rings. The molecule has 0 radical (unpaired) electrons. The molecule has 38 heavy (non-hydrogen) atoms. The molecule has 194 valence electrons. The van der Waals surface area contributed by atoms with Gasteiger partial charge < -0.3 is 19.5 Å². The second-order valence-corrected chi connectivity index (χ2v) is 9.30. The molecule has 1 N–H and O–H groups in total. The Morgan fingerprint density at radius 1 is 0.895 bits per heavy atom. The summed E-state index contributed by atoms with van der Waals surface area (Å²) in [6, 6.07) is 28.4. The average molecular weight is 509 g/mol. The highest BCUT2D eigenvalue weighted by molar-refractivity contribution is 6.01. The lowest BCUT2D eigenvalue weighted by Gasteiger charge is -2.39. The van der Waals surface area contributed by atoms with Crippen LogP contribution in [0, 0.1) is 0 Å². The van der Waals surface area contributed by atoms with E-state index in [4.69, 9.17) is 4.74 Å². The maximum Gasteiger partial charge on any atom is 0.322 e. The Morgan fingerprint density at radius 3 is 2.32 bits per heavy atom. The lowest BCUT2D eigenvalue weighted by molar-refractivity contribution is -0.119. The van der Waals surface area contributed by atoms with Gasteiger partial charge in [0, 0.05) is 18.4 Å². The maximum absolute atomic E-state index is 14.2. The molecule has 7 heteroatoms. The molecule has 1 atom stereocenters. The number of benzene rings is 3. The first-order valence-corrected chi connectivity index (χ1v) is 12.9. The number of anilines is 2. The molecule has 0 aliphatic carbocycles. The number of amides is 3. The van der Waals surface area contributed by atoms with Crippen molar-refractivity contribution >= 4 is 23.3 Å². The van der Waals surface area contributed by atoms with Gasteiger partial charge >= 0.3 is 6.03 Å². The van der Waals surface area contributed by atoms with E-state index in [1.807, 2.05) is 102 Å². The van der Waals surface area contributed by atoms with E-state index < -0.39 is 0 Å². The van der Waals surface area contributed by atoms with Gasteiger partial charge in [0.2, 0.25) is 5.91 Å². The third kappa shape index (κ3) is 5.00. The summed E-state index contributed by atoms with van der Waals surface area (Å²) in [5.74, 6) is 0.603. The molecule has 5 rings (SSSR count). The van der Waals surface area contributed by atoms with Crippen molar-refractivity contribution in [3.8, 4) is 11.4 Å². The Hall–Kier alpha value is -4.52. The van der Waals surface area contributed by atoms with Crippen molar-refractivity contribution in [1.29, 1.82) is 0 Å². The highest BCUT2D eigenvalue weighted by Gasteiger charge is 2.37. The first-order chi connectivity index (χ1) is 18.6. The Bertz CT molecular complexity index is 1400. The number of hydrogen-bond donors (Lipinski definition) is 1. The predicted molar refractivity (Wildman–Crippen MR) is 150 cm³/mol.